The van der Waals surface area contributed by atoms with Crippen LogP contribution in [0.5, 0.6) is 5.75 Å². The van der Waals surface area contributed by atoms with Gasteiger partial charge in [-0.25, -0.2) is 15.0 Å². The lowest BCUT2D eigenvalue weighted by Crippen LogP contribution is -2.07. The average molecular weight is 420 g/mol. The van der Waals surface area contributed by atoms with E-state index in [1.807, 2.05) is 0 Å². The van der Waals surface area contributed by atoms with Gasteiger partial charge in [0.2, 0.25) is 0 Å². The van der Waals surface area contributed by atoms with E-state index in [0.29, 0.717) is 5.52 Å². The minimum Gasteiger partial charge on any atom is -0.433 e. The van der Waals surface area contributed by atoms with E-state index in [4.69, 9.17) is 0 Å². The number of fused-ring (bicyclic) bond motifs is 1. The predicted molar refractivity (Wildman–Crippen MR) is 90.3 cm³/mol. The van der Waals surface area contributed by atoms with Crippen LogP contribution in [0, 0.1) is 0 Å². The number of ether oxygens (including phenoxy) is 1. The van der Waals surface area contributed by atoms with Gasteiger partial charge in [-0.15, -0.1) is 0 Å². The third-order valence-electron chi connectivity index (χ3n) is 3.83. The van der Waals surface area contributed by atoms with Gasteiger partial charge in [0.05, 0.1) is 39.1 Å². The Balaban J connectivity index is 2.18. The van der Waals surface area contributed by atoms with Crippen LogP contribution in [0.2, 0.25) is 0 Å². The number of rotatable bonds is 5. The fourth-order valence-corrected chi connectivity index (χ4v) is 3.46. The van der Waals surface area contributed by atoms with Crippen LogP contribution in [-0.4, -0.2) is 36.1 Å². The molecule has 0 fully saturated rings. The van der Waals surface area contributed by atoms with Crippen molar-refractivity contribution in [2.75, 3.05) is 5.75 Å². The van der Waals surface area contributed by atoms with Crippen molar-refractivity contribution in [3.05, 3.63) is 30.2 Å². The summed E-state index contributed by atoms with van der Waals surface area (Å²) in [5.74, 6) is 0.00291. The monoisotopic (exact) mass is 420 g/mol. The molecular formula is C16H13F5N4O2S. The van der Waals surface area contributed by atoms with Crippen molar-refractivity contribution in [3.8, 4) is 17.3 Å². The van der Waals surface area contributed by atoms with E-state index in [1.165, 1.54) is 11.6 Å². The van der Waals surface area contributed by atoms with Gasteiger partial charge in [0.1, 0.15) is 17.1 Å². The van der Waals surface area contributed by atoms with Crippen molar-refractivity contribution in [1.82, 2.24) is 19.5 Å². The van der Waals surface area contributed by atoms with Crippen molar-refractivity contribution < 1.29 is 30.9 Å². The molecule has 1 atom stereocenters. The van der Waals surface area contributed by atoms with Crippen LogP contribution < -0.4 is 4.74 Å². The van der Waals surface area contributed by atoms with Gasteiger partial charge in [0, 0.05) is 18.9 Å². The van der Waals surface area contributed by atoms with Crippen LogP contribution in [0.15, 0.2) is 29.4 Å². The van der Waals surface area contributed by atoms with Gasteiger partial charge in [-0.05, 0) is 6.07 Å². The van der Waals surface area contributed by atoms with E-state index in [0.717, 1.165) is 24.5 Å². The molecule has 0 aliphatic heterocycles. The summed E-state index contributed by atoms with van der Waals surface area (Å²) < 4.78 is 81.7. The maximum atomic E-state index is 12.9. The Hall–Kier alpha value is -2.63. The lowest BCUT2D eigenvalue weighted by Gasteiger charge is -2.10. The largest absolute Gasteiger partial charge is 0.433 e. The summed E-state index contributed by atoms with van der Waals surface area (Å²) >= 11 is 0. The molecule has 6 nitrogen and oxygen atoms in total. The minimum atomic E-state index is -4.63. The molecule has 150 valence electrons. The summed E-state index contributed by atoms with van der Waals surface area (Å²) in [6.07, 6.45) is -2.59. The Morgan fingerprint density at radius 1 is 1.21 bits per heavy atom. The maximum Gasteiger partial charge on any atom is 0.433 e. The van der Waals surface area contributed by atoms with Gasteiger partial charge in [0.25, 0.3) is 0 Å². The second-order valence-corrected chi connectivity index (χ2v) is 7.29. The number of halogens is 5. The highest BCUT2D eigenvalue weighted by molar-refractivity contribution is 7.85. The third-order valence-corrected chi connectivity index (χ3v) is 5.16. The zero-order valence-electron chi connectivity index (χ0n) is 14.5. The van der Waals surface area contributed by atoms with Gasteiger partial charge in [0.15, 0.2) is 5.82 Å². The molecule has 28 heavy (non-hydrogen) atoms. The first-order chi connectivity index (χ1) is 13.1. The number of alkyl halides is 5. The van der Waals surface area contributed by atoms with Gasteiger partial charge in [-0.1, -0.05) is 6.92 Å². The average Bonchev–Trinajstić information content (AvgIpc) is 2.96. The molecule has 0 aromatic carbocycles. The smallest absolute Gasteiger partial charge is 0.433 e. The number of aryl methyl sites for hydroxylation is 1. The van der Waals surface area contributed by atoms with Gasteiger partial charge >= 0.3 is 12.8 Å². The van der Waals surface area contributed by atoms with E-state index >= 15 is 0 Å². The summed E-state index contributed by atoms with van der Waals surface area (Å²) in [5, 5.41) is 0. The van der Waals surface area contributed by atoms with Crippen LogP contribution in [0.25, 0.3) is 22.6 Å². The quantitative estimate of drug-likeness (QED) is 0.588. The number of pyridine rings is 2. The molecule has 0 saturated heterocycles. The van der Waals surface area contributed by atoms with Crippen molar-refractivity contribution in [2.24, 2.45) is 7.05 Å². The topological polar surface area (TPSA) is 69.9 Å². The van der Waals surface area contributed by atoms with Crippen LogP contribution in [0.1, 0.15) is 12.6 Å². The Morgan fingerprint density at radius 2 is 1.93 bits per heavy atom. The number of hydrogen-bond acceptors (Lipinski definition) is 5. The van der Waals surface area contributed by atoms with Crippen molar-refractivity contribution in [1.29, 1.82) is 0 Å². The molecular weight excluding hydrogens is 407 g/mol. The fraction of sp³-hybridized carbons (Fsp3) is 0.312. The molecule has 0 saturated carbocycles. The highest BCUT2D eigenvalue weighted by atomic mass is 32.2. The van der Waals surface area contributed by atoms with Gasteiger partial charge in [-0.2, -0.15) is 22.0 Å². The maximum absolute atomic E-state index is 12.9. The molecule has 0 spiro atoms. The highest BCUT2D eigenvalue weighted by Gasteiger charge is 2.33. The zero-order chi connectivity index (χ0) is 20.6. The van der Waals surface area contributed by atoms with E-state index in [9.17, 15) is 26.2 Å². The molecule has 3 aromatic rings. The summed E-state index contributed by atoms with van der Waals surface area (Å²) in [4.78, 5) is 11.7. The molecule has 0 bridgehead atoms. The van der Waals surface area contributed by atoms with E-state index < -0.39 is 29.3 Å². The summed E-state index contributed by atoms with van der Waals surface area (Å²) in [6.45, 7) is -1.46. The first-order valence-corrected chi connectivity index (χ1v) is 9.17. The third kappa shape index (κ3) is 3.81. The predicted octanol–water partition coefficient (Wildman–Crippen LogP) is 3.78. The molecule has 12 heteroatoms. The molecule has 0 amide bonds. The van der Waals surface area contributed by atoms with Crippen LogP contribution in [0.4, 0.5) is 22.0 Å². The Kier molecular flexibility index (Phi) is 5.33. The summed E-state index contributed by atoms with van der Waals surface area (Å²) in [7, 11) is -0.0810. The number of hydrogen-bond donors (Lipinski definition) is 0. The first kappa shape index (κ1) is 20.1. The fourth-order valence-electron chi connectivity index (χ4n) is 2.55. The Morgan fingerprint density at radius 3 is 2.54 bits per heavy atom. The summed E-state index contributed by atoms with van der Waals surface area (Å²) in [6, 6.07) is 1.95. The minimum absolute atomic E-state index is 0.0164. The summed E-state index contributed by atoms with van der Waals surface area (Å²) in [5.41, 5.74) is -0.696. The normalized spacial score (nSPS) is 13.3. The number of imidazole rings is 1. The van der Waals surface area contributed by atoms with E-state index in [2.05, 4.69) is 19.7 Å². The van der Waals surface area contributed by atoms with Gasteiger partial charge < -0.3 is 9.30 Å². The molecule has 0 N–H and O–H groups in total. The Bertz CT molecular complexity index is 1050. The Labute approximate surface area is 157 Å². The van der Waals surface area contributed by atoms with Crippen molar-refractivity contribution >= 4 is 21.8 Å². The molecule has 0 aliphatic rings. The van der Waals surface area contributed by atoms with Crippen molar-refractivity contribution in [3.63, 3.8) is 0 Å². The zero-order valence-corrected chi connectivity index (χ0v) is 15.3. The van der Waals surface area contributed by atoms with Crippen molar-refractivity contribution in [2.45, 2.75) is 24.6 Å². The van der Waals surface area contributed by atoms with Crippen LogP contribution >= 0.6 is 0 Å². The standard InChI is InChI=1S/C16H13F5N4O2S/c1-3-28(26)11-4-8(27-15(17)18)6-23-13(11)14-24-9-5-12(16(19,20)21)22-7-10(9)25(14)2/h4-7,15H,3H2,1-2H3. The molecule has 1 unspecified atom stereocenters. The van der Waals surface area contributed by atoms with E-state index in [1.54, 1.807) is 6.92 Å². The lowest BCUT2D eigenvalue weighted by atomic mass is 10.3. The van der Waals surface area contributed by atoms with Crippen LogP contribution in [-0.2, 0) is 24.0 Å². The van der Waals surface area contributed by atoms with Crippen LogP contribution in [0.3, 0.4) is 0 Å². The first-order valence-electron chi connectivity index (χ1n) is 7.85. The molecule has 0 aliphatic carbocycles. The number of nitrogens with zero attached hydrogens (tertiary/aromatic N) is 4. The SMILES string of the molecule is CCS(=O)c1cc(OC(F)F)cnc1-c1nc2cc(C(F)(F)F)ncc2n1C. The highest BCUT2D eigenvalue weighted by Crippen LogP contribution is 2.32. The van der Waals surface area contributed by atoms with E-state index in [-0.39, 0.29) is 33.4 Å². The second-order valence-electron chi connectivity index (χ2n) is 5.58. The molecule has 3 rings (SSSR count). The second kappa shape index (κ2) is 7.41. The number of aromatic nitrogens is 4. The molecule has 3 heterocycles. The lowest BCUT2D eigenvalue weighted by molar-refractivity contribution is -0.141. The molecule has 3 aromatic heterocycles. The van der Waals surface area contributed by atoms with Gasteiger partial charge in [-0.3, -0.25) is 4.21 Å². The molecule has 0 radical (unpaired) electrons.